The van der Waals surface area contributed by atoms with Gasteiger partial charge in [-0.3, -0.25) is 4.99 Å². The van der Waals surface area contributed by atoms with Crippen molar-refractivity contribution in [1.29, 1.82) is 0 Å². The van der Waals surface area contributed by atoms with Crippen molar-refractivity contribution in [2.75, 3.05) is 0 Å². The maximum absolute atomic E-state index is 5.50. The maximum Gasteiger partial charge on any atom is 0.160 e. The van der Waals surface area contributed by atoms with E-state index in [-0.39, 0.29) is 0 Å². The first-order valence-electron chi connectivity index (χ1n) is 18.9. The monoisotopic (exact) mass is 703 g/mol. The summed E-state index contributed by atoms with van der Waals surface area (Å²) in [7, 11) is 0. The Morgan fingerprint density at radius 3 is 1.64 bits per heavy atom. The highest BCUT2D eigenvalue weighted by atomic mass is 14.9. The maximum atomic E-state index is 5.50. The Labute approximate surface area is 322 Å². The number of allylic oxidation sites excluding steroid dienone is 1. The highest BCUT2D eigenvalue weighted by molar-refractivity contribution is 6.02. The number of nitrogens with zero attached hydrogens (tertiary/aromatic N) is 3. The summed E-state index contributed by atoms with van der Waals surface area (Å²) in [5, 5.41) is 0. The summed E-state index contributed by atoms with van der Waals surface area (Å²) in [5.41, 5.74) is 17.4. The predicted molar refractivity (Wildman–Crippen MR) is 226 cm³/mol. The van der Waals surface area contributed by atoms with E-state index in [0.717, 1.165) is 62.6 Å². The molecule has 7 aromatic carbocycles. The van der Waals surface area contributed by atoms with E-state index >= 15 is 0 Å². The number of benzene rings is 7. The largest absolute Gasteiger partial charge is 0.253 e. The third-order valence-electron chi connectivity index (χ3n) is 11.2. The Kier molecular flexibility index (Phi) is 8.00. The lowest BCUT2D eigenvalue weighted by Gasteiger charge is -2.31. The van der Waals surface area contributed by atoms with Crippen LogP contribution in [0.3, 0.4) is 0 Å². The fraction of sp³-hybridized carbons (Fsp3) is 0.0577. The third kappa shape index (κ3) is 5.39. The van der Waals surface area contributed by atoms with Gasteiger partial charge in [-0.1, -0.05) is 194 Å². The van der Waals surface area contributed by atoms with Gasteiger partial charge in [-0.05, 0) is 57.9 Å². The zero-order valence-electron chi connectivity index (χ0n) is 30.5. The highest BCUT2D eigenvalue weighted by Crippen LogP contribution is 2.63. The van der Waals surface area contributed by atoms with Crippen molar-refractivity contribution in [2.24, 2.45) is 4.99 Å². The molecule has 0 saturated carbocycles. The minimum Gasteiger partial charge on any atom is -0.253 e. The quantitative estimate of drug-likeness (QED) is 0.155. The normalized spacial score (nSPS) is 13.6. The average Bonchev–Trinajstić information content (AvgIpc) is 3.73. The SMILES string of the molecule is C/C(=N\C(=C/Cc1ccccc1)c1ccccc1)c1ccc(-c2nc(-c3ccccc3)c3c(n2)-c2ccccc2C32c3ccccc3-c3ccccc32)cc1. The summed E-state index contributed by atoms with van der Waals surface area (Å²) in [6.07, 6.45) is 3.03. The minimum atomic E-state index is -0.537. The molecule has 1 spiro atoms. The standard InChI is InChI=1S/C52H37N3/c1-35(53-47(38-19-7-3-8-20-38)34-29-36-17-5-2-6-18-36)37-30-32-40(33-31-37)51-54-49(39-21-9-4-10-22-39)48-50(55-51)43-25-13-16-28-46(43)52(48)44-26-14-11-23-41(44)42-24-12-15-27-45(42)52/h2-28,30-34H,29H2,1H3/b47-34-,53-35+. The zero-order valence-corrected chi connectivity index (χ0v) is 30.5. The molecule has 3 heteroatoms. The van der Waals surface area contributed by atoms with Gasteiger partial charge >= 0.3 is 0 Å². The van der Waals surface area contributed by atoms with Crippen LogP contribution in [0.4, 0.5) is 0 Å². The summed E-state index contributed by atoms with van der Waals surface area (Å²) in [6, 6.07) is 66.7. The van der Waals surface area contributed by atoms with Gasteiger partial charge in [0.1, 0.15) is 0 Å². The van der Waals surface area contributed by atoms with Crippen LogP contribution >= 0.6 is 0 Å². The Balaban J connectivity index is 1.11. The zero-order chi connectivity index (χ0) is 36.8. The number of hydrogen-bond donors (Lipinski definition) is 0. The fourth-order valence-electron chi connectivity index (χ4n) is 8.66. The molecule has 0 saturated heterocycles. The van der Waals surface area contributed by atoms with E-state index in [1.807, 2.05) is 6.07 Å². The van der Waals surface area contributed by atoms with Crippen LogP contribution in [0.15, 0.2) is 199 Å². The number of fused-ring (bicyclic) bond motifs is 10. The van der Waals surface area contributed by atoms with Gasteiger partial charge in [-0.15, -0.1) is 0 Å². The van der Waals surface area contributed by atoms with Gasteiger partial charge in [-0.2, -0.15) is 0 Å². The average molecular weight is 704 g/mol. The van der Waals surface area contributed by atoms with Gasteiger partial charge in [0.25, 0.3) is 0 Å². The van der Waals surface area contributed by atoms with Crippen molar-refractivity contribution in [3.8, 4) is 45.0 Å². The highest BCUT2D eigenvalue weighted by Gasteiger charge is 2.54. The lowest BCUT2D eigenvalue weighted by Crippen LogP contribution is -2.27. The molecule has 10 rings (SSSR count). The molecule has 1 aromatic heterocycles. The first kappa shape index (κ1) is 32.7. The first-order chi connectivity index (χ1) is 27.2. The molecule has 2 aliphatic rings. The summed E-state index contributed by atoms with van der Waals surface area (Å²) < 4.78 is 0. The summed E-state index contributed by atoms with van der Waals surface area (Å²) in [4.78, 5) is 16.2. The van der Waals surface area contributed by atoms with E-state index in [2.05, 4.69) is 195 Å². The second-order valence-electron chi connectivity index (χ2n) is 14.3. The van der Waals surface area contributed by atoms with E-state index in [1.165, 1.54) is 33.4 Å². The summed E-state index contributed by atoms with van der Waals surface area (Å²) in [6.45, 7) is 2.08. The molecule has 0 unspecified atom stereocenters. The van der Waals surface area contributed by atoms with E-state index in [1.54, 1.807) is 0 Å². The lowest BCUT2D eigenvalue weighted by molar-refractivity contribution is 0.788. The molecular formula is C52H37N3. The molecule has 0 aliphatic heterocycles. The third-order valence-corrected chi connectivity index (χ3v) is 11.2. The van der Waals surface area contributed by atoms with Crippen molar-refractivity contribution < 1.29 is 0 Å². The first-order valence-corrected chi connectivity index (χ1v) is 18.9. The van der Waals surface area contributed by atoms with Gasteiger partial charge in [0.2, 0.25) is 0 Å². The molecule has 1 heterocycles. The van der Waals surface area contributed by atoms with Crippen molar-refractivity contribution in [2.45, 2.75) is 18.8 Å². The van der Waals surface area contributed by atoms with Gasteiger partial charge in [0.05, 0.1) is 22.5 Å². The molecule has 55 heavy (non-hydrogen) atoms. The summed E-state index contributed by atoms with van der Waals surface area (Å²) in [5.74, 6) is 0.706. The molecule has 2 aliphatic carbocycles. The number of hydrogen-bond acceptors (Lipinski definition) is 3. The van der Waals surface area contributed by atoms with E-state index < -0.39 is 5.41 Å². The Hall–Kier alpha value is -6.97. The second kappa shape index (κ2) is 13.5. The molecule has 0 atom stereocenters. The fourth-order valence-corrected chi connectivity index (χ4v) is 8.66. The van der Waals surface area contributed by atoms with Crippen LogP contribution in [-0.4, -0.2) is 15.7 Å². The molecule has 0 N–H and O–H groups in total. The van der Waals surface area contributed by atoms with Gasteiger partial charge in [0.15, 0.2) is 5.82 Å². The van der Waals surface area contributed by atoms with E-state index in [9.17, 15) is 0 Å². The van der Waals surface area contributed by atoms with E-state index in [0.29, 0.717) is 5.82 Å². The van der Waals surface area contributed by atoms with Crippen LogP contribution in [0.2, 0.25) is 0 Å². The topological polar surface area (TPSA) is 38.1 Å². The lowest BCUT2D eigenvalue weighted by atomic mass is 9.69. The van der Waals surface area contributed by atoms with Crippen LogP contribution in [0, 0.1) is 0 Å². The van der Waals surface area contributed by atoms with Crippen molar-refractivity contribution in [3.05, 3.63) is 233 Å². The van der Waals surface area contributed by atoms with Gasteiger partial charge in [0, 0.05) is 28.0 Å². The van der Waals surface area contributed by atoms with Crippen molar-refractivity contribution in [1.82, 2.24) is 9.97 Å². The molecular weight excluding hydrogens is 667 g/mol. The number of aromatic nitrogens is 2. The smallest absolute Gasteiger partial charge is 0.160 e. The molecule has 3 nitrogen and oxygen atoms in total. The van der Waals surface area contributed by atoms with Crippen molar-refractivity contribution in [3.63, 3.8) is 0 Å². The predicted octanol–water partition coefficient (Wildman–Crippen LogP) is 12.2. The molecule has 260 valence electrons. The Bertz CT molecular complexity index is 2720. The Morgan fingerprint density at radius 1 is 0.491 bits per heavy atom. The van der Waals surface area contributed by atoms with Crippen LogP contribution in [-0.2, 0) is 11.8 Å². The van der Waals surface area contributed by atoms with Gasteiger partial charge in [-0.25, -0.2) is 9.97 Å². The molecule has 0 amide bonds. The van der Waals surface area contributed by atoms with Crippen LogP contribution in [0.1, 0.15) is 45.9 Å². The van der Waals surface area contributed by atoms with Crippen molar-refractivity contribution >= 4 is 11.4 Å². The second-order valence-corrected chi connectivity index (χ2v) is 14.3. The number of aliphatic imine (C=N–C) groups is 1. The summed E-state index contributed by atoms with van der Waals surface area (Å²) >= 11 is 0. The van der Waals surface area contributed by atoms with Crippen LogP contribution in [0.25, 0.3) is 50.7 Å². The van der Waals surface area contributed by atoms with E-state index in [4.69, 9.17) is 15.0 Å². The molecule has 8 aromatic rings. The Morgan fingerprint density at radius 2 is 1.00 bits per heavy atom. The number of rotatable bonds is 7. The minimum absolute atomic E-state index is 0.537. The molecule has 0 bridgehead atoms. The van der Waals surface area contributed by atoms with Crippen LogP contribution in [0.5, 0.6) is 0 Å². The van der Waals surface area contributed by atoms with Gasteiger partial charge < -0.3 is 0 Å². The van der Waals surface area contributed by atoms with Crippen LogP contribution < -0.4 is 0 Å². The molecule has 0 fully saturated rings. The molecule has 0 radical (unpaired) electrons.